The summed E-state index contributed by atoms with van der Waals surface area (Å²) in [5.74, 6) is 1.92. The molecular weight excluding hydrogens is 423 g/mol. The van der Waals surface area contributed by atoms with E-state index in [1.807, 2.05) is 14.1 Å². The number of rotatable bonds is 5. The molecule has 1 fully saturated rings. The highest BCUT2D eigenvalue weighted by molar-refractivity contribution is 14.0. The van der Waals surface area contributed by atoms with Crippen LogP contribution >= 0.6 is 24.0 Å². The topological polar surface area (TPSA) is 95.6 Å². The summed E-state index contributed by atoms with van der Waals surface area (Å²) in [6, 6.07) is 0. The number of nitrogens with zero attached hydrogens (tertiary/aromatic N) is 4. The smallest absolute Gasteiger partial charge is 0.246 e. The Morgan fingerprint density at radius 3 is 2.50 bits per heavy atom. The Kier molecular flexibility index (Phi) is 7.91. The highest BCUT2D eigenvalue weighted by atomic mass is 127. The van der Waals surface area contributed by atoms with Gasteiger partial charge in [-0.2, -0.15) is 4.98 Å². The minimum atomic E-state index is -0.331. The average molecular weight is 450 g/mol. The van der Waals surface area contributed by atoms with Crippen LogP contribution in [0.4, 0.5) is 0 Å². The van der Waals surface area contributed by atoms with Crippen molar-refractivity contribution in [3.8, 4) is 0 Å². The number of aromatic nitrogens is 2. The second kappa shape index (κ2) is 9.19. The Labute approximate surface area is 159 Å². The van der Waals surface area contributed by atoms with E-state index in [0.29, 0.717) is 30.8 Å². The van der Waals surface area contributed by atoms with E-state index in [1.54, 1.807) is 18.9 Å². The fourth-order valence-corrected chi connectivity index (χ4v) is 3.04. The molecule has 24 heavy (non-hydrogen) atoms. The van der Waals surface area contributed by atoms with Gasteiger partial charge in [0.05, 0.1) is 12.0 Å². The first-order valence-corrected chi connectivity index (χ1v) is 7.92. The molecule has 136 valence electrons. The molecule has 1 aromatic rings. The summed E-state index contributed by atoms with van der Waals surface area (Å²) in [5, 5.41) is 10.1. The zero-order valence-electron chi connectivity index (χ0n) is 14.8. The number of hydrogen-bond acceptors (Lipinski definition) is 5. The number of halogens is 1. The monoisotopic (exact) mass is 450 g/mol. The number of carbonyl (C=O) groups is 1. The predicted octanol–water partition coefficient (Wildman–Crippen LogP) is 1.31. The van der Waals surface area contributed by atoms with Gasteiger partial charge < -0.3 is 20.1 Å². The summed E-state index contributed by atoms with van der Waals surface area (Å²) < 4.78 is 5.06. The molecule has 1 aliphatic rings. The third-order valence-electron chi connectivity index (χ3n) is 4.22. The van der Waals surface area contributed by atoms with Gasteiger partial charge in [-0.15, -0.1) is 24.0 Å². The maximum absolute atomic E-state index is 12.5. The Hall–Kier alpha value is -1.39. The lowest BCUT2D eigenvalue weighted by molar-refractivity contribution is -0.138. The molecule has 8 nitrogen and oxygen atoms in total. The third-order valence-corrected chi connectivity index (χ3v) is 4.22. The zero-order chi connectivity index (χ0) is 16.9. The van der Waals surface area contributed by atoms with Crippen molar-refractivity contribution in [1.82, 2.24) is 25.7 Å². The molecule has 0 saturated heterocycles. The van der Waals surface area contributed by atoms with E-state index < -0.39 is 0 Å². The van der Waals surface area contributed by atoms with Crippen molar-refractivity contribution >= 4 is 35.8 Å². The van der Waals surface area contributed by atoms with Crippen LogP contribution in [0, 0.1) is 12.3 Å². The molecule has 1 heterocycles. The first-order valence-electron chi connectivity index (χ1n) is 7.92. The summed E-state index contributed by atoms with van der Waals surface area (Å²) in [6.45, 7) is 2.75. The number of aryl methyl sites for hydroxylation is 1. The fraction of sp³-hybridized carbons (Fsp3) is 0.733. The molecule has 0 unspecified atom stereocenters. The molecule has 1 amide bonds. The lowest BCUT2D eigenvalue weighted by atomic mass is 9.84. The minimum Gasteiger partial charge on any atom is -0.355 e. The minimum absolute atomic E-state index is 0. The predicted molar refractivity (Wildman–Crippen MR) is 102 cm³/mol. The van der Waals surface area contributed by atoms with Gasteiger partial charge in [0.25, 0.3) is 0 Å². The Morgan fingerprint density at radius 1 is 1.33 bits per heavy atom. The van der Waals surface area contributed by atoms with Crippen molar-refractivity contribution in [2.45, 2.75) is 39.2 Å². The highest BCUT2D eigenvalue weighted by Crippen LogP contribution is 2.38. The number of carbonyl (C=O) groups excluding carboxylic acids is 1. The van der Waals surface area contributed by atoms with Gasteiger partial charge in [-0.05, 0) is 19.8 Å². The van der Waals surface area contributed by atoms with Crippen LogP contribution in [0.3, 0.4) is 0 Å². The molecule has 9 heteroatoms. The first kappa shape index (κ1) is 20.7. The molecule has 0 aromatic carbocycles. The Morgan fingerprint density at radius 2 is 2.00 bits per heavy atom. The normalized spacial score (nSPS) is 16.4. The lowest BCUT2D eigenvalue weighted by Gasteiger charge is -2.31. The van der Waals surface area contributed by atoms with Crippen molar-refractivity contribution in [2.24, 2.45) is 10.4 Å². The quantitative estimate of drug-likeness (QED) is 0.399. The van der Waals surface area contributed by atoms with Gasteiger partial charge in [0.1, 0.15) is 0 Å². The highest BCUT2D eigenvalue weighted by Gasteiger charge is 2.42. The van der Waals surface area contributed by atoms with E-state index in [2.05, 4.69) is 25.8 Å². The fourth-order valence-electron chi connectivity index (χ4n) is 3.04. The molecule has 1 aliphatic carbocycles. The van der Waals surface area contributed by atoms with Crippen LogP contribution in [0.5, 0.6) is 0 Å². The van der Waals surface area contributed by atoms with Crippen LogP contribution in [0.1, 0.15) is 37.4 Å². The van der Waals surface area contributed by atoms with Gasteiger partial charge in [0.15, 0.2) is 11.8 Å². The van der Waals surface area contributed by atoms with E-state index in [9.17, 15) is 4.79 Å². The van der Waals surface area contributed by atoms with Gasteiger partial charge in [-0.25, -0.2) is 0 Å². The van der Waals surface area contributed by atoms with Gasteiger partial charge in [0.2, 0.25) is 11.8 Å². The number of aliphatic imine (C=N–C) groups is 1. The molecule has 2 rings (SSSR count). The van der Waals surface area contributed by atoms with E-state index in [0.717, 1.165) is 25.7 Å². The number of guanidine groups is 1. The van der Waals surface area contributed by atoms with Crippen LogP contribution in [0.2, 0.25) is 0 Å². The molecule has 0 spiro atoms. The maximum atomic E-state index is 12.5. The second-order valence-corrected chi connectivity index (χ2v) is 6.20. The standard InChI is InChI=1S/C15H26N6O2.HI/c1-11-19-12(23-20-11)9-17-14(16-2)18-10-15(7-5-6-8-15)13(22)21(3)4;/h5-10H2,1-4H3,(H2,16,17,18);1H. The van der Waals surface area contributed by atoms with Crippen molar-refractivity contribution in [3.63, 3.8) is 0 Å². The van der Waals surface area contributed by atoms with Crippen molar-refractivity contribution in [3.05, 3.63) is 11.7 Å². The molecule has 0 atom stereocenters. The van der Waals surface area contributed by atoms with Crippen LogP contribution < -0.4 is 10.6 Å². The maximum Gasteiger partial charge on any atom is 0.246 e. The summed E-state index contributed by atoms with van der Waals surface area (Å²) in [4.78, 5) is 22.5. The Balaban J connectivity index is 0.00000288. The van der Waals surface area contributed by atoms with Crippen molar-refractivity contribution in [2.75, 3.05) is 27.7 Å². The second-order valence-electron chi connectivity index (χ2n) is 6.20. The third kappa shape index (κ3) is 5.05. The molecule has 0 aliphatic heterocycles. The van der Waals surface area contributed by atoms with Crippen LogP contribution in [-0.2, 0) is 11.3 Å². The van der Waals surface area contributed by atoms with E-state index in [-0.39, 0.29) is 35.3 Å². The van der Waals surface area contributed by atoms with Gasteiger partial charge in [0, 0.05) is 27.7 Å². The summed E-state index contributed by atoms with van der Waals surface area (Å²) in [5.41, 5.74) is -0.331. The molecule has 1 saturated carbocycles. The summed E-state index contributed by atoms with van der Waals surface area (Å²) >= 11 is 0. The number of nitrogens with one attached hydrogen (secondary N) is 2. The molecule has 2 N–H and O–H groups in total. The van der Waals surface area contributed by atoms with E-state index in [4.69, 9.17) is 4.52 Å². The summed E-state index contributed by atoms with van der Waals surface area (Å²) in [7, 11) is 5.32. The molecule has 0 radical (unpaired) electrons. The summed E-state index contributed by atoms with van der Waals surface area (Å²) in [6.07, 6.45) is 4.01. The van der Waals surface area contributed by atoms with E-state index >= 15 is 0 Å². The molecule has 1 aromatic heterocycles. The SMILES string of the molecule is CN=C(NCc1nc(C)no1)NCC1(C(=O)N(C)C)CCCC1.I. The largest absolute Gasteiger partial charge is 0.355 e. The number of hydrogen-bond donors (Lipinski definition) is 2. The zero-order valence-corrected chi connectivity index (χ0v) is 17.1. The van der Waals surface area contributed by atoms with Crippen molar-refractivity contribution in [1.29, 1.82) is 0 Å². The van der Waals surface area contributed by atoms with Crippen LogP contribution in [0.25, 0.3) is 0 Å². The molecule has 0 bridgehead atoms. The average Bonchev–Trinajstić information content (AvgIpc) is 3.16. The van der Waals surface area contributed by atoms with Crippen LogP contribution in [-0.4, -0.2) is 54.6 Å². The van der Waals surface area contributed by atoms with Gasteiger partial charge in [-0.3, -0.25) is 9.79 Å². The Bertz CT molecular complexity index is 566. The van der Waals surface area contributed by atoms with E-state index in [1.165, 1.54) is 0 Å². The number of amides is 1. The first-order chi connectivity index (χ1) is 11.0. The van der Waals surface area contributed by atoms with Gasteiger partial charge in [-0.1, -0.05) is 18.0 Å². The molecular formula is C15H27IN6O2. The van der Waals surface area contributed by atoms with Crippen molar-refractivity contribution < 1.29 is 9.32 Å². The lowest BCUT2D eigenvalue weighted by Crippen LogP contribution is -2.49. The van der Waals surface area contributed by atoms with Crippen LogP contribution in [0.15, 0.2) is 9.52 Å². The van der Waals surface area contributed by atoms with Gasteiger partial charge >= 0.3 is 0 Å².